The zero-order valence-corrected chi connectivity index (χ0v) is 21.6. The van der Waals surface area contributed by atoms with Gasteiger partial charge in [-0.25, -0.2) is 4.98 Å². The van der Waals surface area contributed by atoms with Crippen LogP contribution in [0.15, 0.2) is 72.8 Å². The first-order valence-corrected chi connectivity index (χ1v) is 13.2. The third-order valence-electron chi connectivity index (χ3n) is 6.25. The number of ether oxygens (including phenoxy) is 1. The number of benzene rings is 3. The van der Waals surface area contributed by atoms with Crippen LogP contribution in [0.4, 0.5) is 0 Å². The molecule has 0 fully saturated rings. The molecule has 0 radical (unpaired) electrons. The molecule has 36 heavy (non-hydrogen) atoms. The maximum absolute atomic E-state index is 12.3. The van der Waals surface area contributed by atoms with Gasteiger partial charge in [0, 0.05) is 19.5 Å². The van der Waals surface area contributed by atoms with Gasteiger partial charge in [0.15, 0.2) is 0 Å². The first-order chi connectivity index (χ1) is 17.6. The number of halogens is 1. The highest BCUT2D eigenvalue weighted by molar-refractivity contribution is 6.33. The summed E-state index contributed by atoms with van der Waals surface area (Å²) in [6, 6.07) is 23.7. The van der Waals surface area contributed by atoms with Crippen molar-refractivity contribution < 1.29 is 9.53 Å². The number of hydrogen-bond donors (Lipinski definition) is 1. The summed E-state index contributed by atoms with van der Waals surface area (Å²) in [4.78, 5) is 17.2. The van der Waals surface area contributed by atoms with Crippen LogP contribution in [0.2, 0.25) is 5.02 Å². The SMILES string of the molecule is Cc1cccc(OCCCCn2c(CCCCCNC(=O)c3ccccc3Cl)nc3ccccc32)c1. The van der Waals surface area contributed by atoms with Crippen LogP contribution in [0.1, 0.15) is 53.8 Å². The van der Waals surface area contributed by atoms with Gasteiger partial charge in [-0.1, -0.05) is 54.4 Å². The molecule has 6 heteroatoms. The van der Waals surface area contributed by atoms with Crippen LogP contribution < -0.4 is 10.1 Å². The molecular weight excluding hydrogens is 470 g/mol. The van der Waals surface area contributed by atoms with Gasteiger partial charge in [-0.05, 0) is 74.6 Å². The molecular formula is C30H34ClN3O2. The number of aryl methyl sites for hydroxylation is 3. The quantitative estimate of drug-likeness (QED) is 0.200. The molecule has 1 N–H and O–H groups in total. The number of nitrogens with zero attached hydrogens (tertiary/aromatic N) is 2. The number of amides is 1. The van der Waals surface area contributed by atoms with Gasteiger partial charge in [0.1, 0.15) is 11.6 Å². The fourth-order valence-corrected chi connectivity index (χ4v) is 4.58. The predicted molar refractivity (Wildman–Crippen MR) is 147 cm³/mol. The van der Waals surface area contributed by atoms with E-state index in [-0.39, 0.29) is 5.91 Å². The van der Waals surface area contributed by atoms with E-state index in [0.29, 0.717) is 23.7 Å². The van der Waals surface area contributed by atoms with Crippen LogP contribution in [0.5, 0.6) is 5.75 Å². The second-order valence-electron chi connectivity index (χ2n) is 9.09. The number of rotatable bonds is 13. The van der Waals surface area contributed by atoms with Gasteiger partial charge in [-0.15, -0.1) is 0 Å². The normalized spacial score (nSPS) is 11.1. The van der Waals surface area contributed by atoms with E-state index in [0.717, 1.165) is 62.2 Å². The van der Waals surface area contributed by atoms with Crippen molar-refractivity contribution >= 4 is 28.5 Å². The van der Waals surface area contributed by atoms with E-state index < -0.39 is 0 Å². The first kappa shape index (κ1) is 25.8. The summed E-state index contributed by atoms with van der Waals surface area (Å²) in [5.74, 6) is 1.96. The van der Waals surface area contributed by atoms with E-state index in [1.807, 2.05) is 30.3 Å². The fraction of sp³-hybridized carbons (Fsp3) is 0.333. The molecule has 0 atom stereocenters. The van der Waals surface area contributed by atoms with Crippen LogP contribution in [-0.4, -0.2) is 28.6 Å². The van der Waals surface area contributed by atoms with Gasteiger partial charge >= 0.3 is 0 Å². The zero-order chi connectivity index (χ0) is 25.2. The Hall–Kier alpha value is -3.31. The highest BCUT2D eigenvalue weighted by Gasteiger charge is 2.11. The number of carbonyl (C=O) groups excluding carboxylic acids is 1. The van der Waals surface area contributed by atoms with Crippen molar-refractivity contribution in [1.29, 1.82) is 0 Å². The van der Waals surface area contributed by atoms with E-state index in [4.69, 9.17) is 21.3 Å². The zero-order valence-electron chi connectivity index (χ0n) is 20.9. The summed E-state index contributed by atoms with van der Waals surface area (Å²) in [7, 11) is 0. The summed E-state index contributed by atoms with van der Waals surface area (Å²) < 4.78 is 8.28. The molecule has 5 nitrogen and oxygen atoms in total. The lowest BCUT2D eigenvalue weighted by atomic mass is 10.1. The van der Waals surface area contributed by atoms with Gasteiger partial charge in [-0.3, -0.25) is 4.79 Å². The molecule has 1 aromatic heterocycles. The van der Waals surface area contributed by atoms with Crippen molar-refractivity contribution in [3.63, 3.8) is 0 Å². The van der Waals surface area contributed by atoms with Gasteiger partial charge in [0.2, 0.25) is 0 Å². The Morgan fingerprint density at radius 1 is 0.944 bits per heavy atom. The Bertz CT molecular complexity index is 1280. The van der Waals surface area contributed by atoms with Crippen molar-refractivity contribution in [1.82, 2.24) is 14.9 Å². The molecule has 0 bridgehead atoms. The lowest BCUT2D eigenvalue weighted by Crippen LogP contribution is -2.24. The molecule has 1 amide bonds. The monoisotopic (exact) mass is 503 g/mol. The fourth-order valence-electron chi connectivity index (χ4n) is 4.36. The highest BCUT2D eigenvalue weighted by Crippen LogP contribution is 2.19. The molecule has 0 aliphatic heterocycles. The summed E-state index contributed by atoms with van der Waals surface area (Å²) in [5, 5.41) is 3.45. The number of hydrogen-bond acceptors (Lipinski definition) is 3. The van der Waals surface area contributed by atoms with E-state index in [2.05, 4.69) is 47.1 Å². The number of unbranched alkanes of at least 4 members (excludes halogenated alkanes) is 3. The van der Waals surface area contributed by atoms with Crippen molar-refractivity contribution in [3.05, 3.63) is 94.8 Å². The number of carbonyl (C=O) groups is 1. The molecule has 4 aromatic rings. The van der Waals surface area contributed by atoms with Gasteiger partial charge in [0.25, 0.3) is 5.91 Å². The van der Waals surface area contributed by atoms with E-state index >= 15 is 0 Å². The molecule has 0 unspecified atom stereocenters. The number of aromatic nitrogens is 2. The minimum Gasteiger partial charge on any atom is -0.494 e. The maximum atomic E-state index is 12.3. The van der Waals surface area contributed by atoms with Crippen molar-refractivity contribution in [2.75, 3.05) is 13.2 Å². The minimum atomic E-state index is -0.117. The van der Waals surface area contributed by atoms with Crippen molar-refractivity contribution in [2.45, 2.75) is 52.0 Å². The van der Waals surface area contributed by atoms with E-state index in [9.17, 15) is 4.79 Å². The molecule has 4 rings (SSSR count). The van der Waals surface area contributed by atoms with Crippen LogP contribution in [0, 0.1) is 6.92 Å². The van der Waals surface area contributed by atoms with Gasteiger partial charge in [0.05, 0.1) is 28.2 Å². The lowest BCUT2D eigenvalue weighted by Gasteiger charge is -2.11. The summed E-state index contributed by atoms with van der Waals surface area (Å²) in [6.07, 6.45) is 5.93. The summed E-state index contributed by atoms with van der Waals surface area (Å²) in [5.41, 5.74) is 3.98. The second-order valence-corrected chi connectivity index (χ2v) is 9.49. The smallest absolute Gasteiger partial charge is 0.252 e. The Balaban J connectivity index is 1.22. The van der Waals surface area contributed by atoms with Crippen LogP contribution in [-0.2, 0) is 13.0 Å². The van der Waals surface area contributed by atoms with E-state index in [1.54, 1.807) is 12.1 Å². The molecule has 3 aromatic carbocycles. The Morgan fingerprint density at radius 3 is 2.64 bits per heavy atom. The average molecular weight is 504 g/mol. The Labute approximate surface area is 218 Å². The molecule has 188 valence electrons. The maximum Gasteiger partial charge on any atom is 0.252 e. The molecule has 1 heterocycles. The molecule has 0 saturated carbocycles. The van der Waals surface area contributed by atoms with Crippen molar-refractivity contribution in [3.8, 4) is 5.75 Å². The standard InChI is InChI=1S/C30H34ClN3O2/c1-23-12-11-13-24(22-23)36-21-10-9-20-34-28-17-7-6-16-27(28)33-29(34)18-3-2-8-19-32-30(35)25-14-4-5-15-26(25)31/h4-7,11-17,22H,2-3,8-10,18-21H2,1H3,(H,32,35). The lowest BCUT2D eigenvalue weighted by molar-refractivity contribution is 0.0953. The third-order valence-corrected chi connectivity index (χ3v) is 6.58. The number of imidazole rings is 1. The van der Waals surface area contributed by atoms with Crippen LogP contribution in [0.3, 0.4) is 0 Å². The molecule has 0 aliphatic rings. The van der Waals surface area contributed by atoms with Gasteiger partial charge < -0.3 is 14.6 Å². The minimum absolute atomic E-state index is 0.117. The van der Waals surface area contributed by atoms with E-state index in [1.165, 1.54) is 11.1 Å². The summed E-state index contributed by atoms with van der Waals surface area (Å²) in [6.45, 7) is 4.36. The third kappa shape index (κ3) is 7.11. The number of para-hydroxylation sites is 2. The number of fused-ring (bicyclic) bond motifs is 1. The predicted octanol–water partition coefficient (Wildman–Crippen LogP) is 7.00. The topological polar surface area (TPSA) is 56.1 Å². The highest BCUT2D eigenvalue weighted by atomic mass is 35.5. The summed E-state index contributed by atoms with van der Waals surface area (Å²) >= 11 is 6.11. The first-order valence-electron chi connectivity index (χ1n) is 12.8. The molecule has 0 aliphatic carbocycles. The largest absolute Gasteiger partial charge is 0.494 e. The Morgan fingerprint density at radius 2 is 1.78 bits per heavy atom. The molecule has 0 spiro atoms. The molecule has 0 saturated heterocycles. The van der Waals surface area contributed by atoms with Crippen molar-refractivity contribution in [2.24, 2.45) is 0 Å². The van der Waals surface area contributed by atoms with Crippen LogP contribution >= 0.6 is 11.6 Å². The Kier molecular flexibility index (Phi) is 9.40. The second kappa shape index (κ2) is 13.1. The number of nitrogens with one attached hydrogen (secondary N) is 1. The van der Waals surface area contributed by atoms with Gasteiger partial charge in [-0.2, -0.15) is 0 Å². The van der Waals surface area contributed by atoms with Crippen LogP contribution in [0.25, 0.3) is 11.0 Å². The average Bonchev–Trinajstić information content (AvgIpc) is 3.23.